The predicted molar refractivity (Wildman–Crippen MR) is 84.4 cm³/mol. The van der Waals surface area contributed by atoms with Crippen molar-refractivity contribution in [2.24, 2.45) is 0 Å². The van der Waals surface area contributed by atoms with Crippen LogP contribution in [0, 0.1) is 13.8 Å². The molecule has 1 aromatic heterocycles. The Morgan fingerprint density at radius 3 is 2.00 bits per heavy atom. The van der Waals surface area contributed by atoms with Gasteiger partial charge in [-0.1, -0.05) is 18.6 Å². The van der Waals surface area contributed by atoms with E-state index in [1.807, 2.05) is 0 Å². The van der Waals surface area contributed by atoms with Crippen molar-refractivity contribution >= 4 is 0 Å². The highest BCUT2D eigenvalue weighted by Crippen LogP contribution is 2.18. The number of hydrogen-bond acceptors (Lipinski definition) is 1. The lowest BCUT2D eigenvalue weighted by atomic mass is 10.1. The molecular weight excluding hydrogens is 244 g/mol. The molecule has 1 aromatic carbocycles. The van der Waals surface area contributed by atoms with Gasteiger partial charge in [0.1, 0.15) is 0 Å². The Morgan fingerprint density at radius 1 is 0.800 bits per heavy atom. The van der Waals surface area contributed by atoms with E-state index >= 15 is 0 Å². The van der Waals surface area contributed by atoms with E-state index in [1.54, 1.807) is 0 Å². The molecule has 1 aliphatic heterocycles. The fraction of sp³-hybridized carbons (Fsp3) is 0.444. The van der Waals surface area contributed by atoms with Crippen molar-refractivity contribution < 1.29 is 0 Å². The molecule has 106 valence electrons. The molecule has 2 heterocycles. The number of aromatic nitrogens is 1. The number of aryl methyl sites for hydroxylation is 2. The van der Waals surface area contributed by atoms with Crippen LogP contribution in [0.1, 0.15) is 36.2 Å². The van der Waals surface area contributed by atoms with Gasteiger partial charge in [0.15, 0.2) is 0 Å². The molecule has 0 spiro atoms. The van der Waals surface area contributed by atoms with Gasteiger partial charge >= 0.3 is 0 Å². The average molecular weight is 268 g/mol. The fourth-order valence-corrected chi connectivity index (χ4v) is 3.20. The number of hydrogen-bond donors (Lipinski definition) is 0. The standard InChI is InChI=1S/C18H24N2/c1-15-6-7-16(2)20(15)18-10-8-17(9-11-18)14-19-12-4-3-5-13-19/h6-11H,3-5,12-14H2,1-2H3. The minimum Gasteiger partial charge on any atom is -0.319 e. The van der Waals surface area contributed by atoms with Crippen LogP contribution in [0.5, 0.6) is 0 Å². The minimum atomic E-state index is 1.10. The third-order valence-corrected chi connectivity index (χ3v) is 4.32. The Morgan fingerprint density at radius 2 is 1.40 bits per heavy atom. The Hall–Kier alpha value is -1.54. The van der Waals surface area contributed by atoms with Crippen molar-refractivity contribution in [2.45, 2.75) is 39.7 Å². The molecule has 1 saturated heterocycles. The maximum absolute atomic E-state index is 2.57. The lowest BCUT2D eigenvalue weighted by Crippen LogP contribution is -2.29. The molecule has 3 rings (SSSR count). The zero-order chi connectivity index (χ0) is 13.9. The van der Waals surface area contributed by atoms with Crippen LogP contribution in [0.25, 0.3) is 5.69 Å². The first-order chi connectivity index (χ1) is 9.74. The van der Waals surface area contributed by atoms with Gasteiger partial charge in [0.25, 0.3) is 0 Å². The molecule has 0 saturated carbocycles. The summed E-state index contributed by atoms with van der Waals surface area (Å²) < 4.78 is 2.31. The zero-order valence-corrected chi connectivity index (χ0v) is 12.6. The molecule has 0 atom stereocenters. The smallest absolute Gasteiger partial charge is 0.0455 e. The summed E-state index contributed by atoms with van der Waals surface area (Å²) in [5.74, 6) is 0. The second-order valence-corrected chi connectivity index (χ2v) is 5.95. The van der Waals surface area contributed by atoms with Crippen molar-refractivity contribution in [3.05, 3.63) is 53.3 Å². The van der Waals surface area contributed by atoms with Crippen molar-refractivity contribution in [3.63, 3.8) is 0 Å². The van der Waals surface area contributed by atoms with E-state index in [0.717, 1.165) is 6.54 Å². The molecule has 0 bridgehead atoms. The molecule has 1 fully saturated rings. The van der Waals surface area contributed by atoms with Gasteiger partial charge < -0.3 is 4.57 Å². The summed E-state index contributed by atoms with van der Waals surface area (Å²) in [6, 6.07) is 13.4. The monoisotopic (exact) mass is 268 g/mol. The molecule has 2 nitrogen and oxygen atoms in total. The summed E-state index contributed by atoms with van der Waals surface area (Å²) in [7, 11) is 0. The van der Waals surface area contributed by atoms with Crippen LogP contribution in [0.2, 0.25) is 0 Å². The van der Waals surface area contributed by atoms with Gasteiger partial charge in [0.2, 0.25) is 0 Å². The van der Waals surface area contributed by atoms with Gasteiger partial charge in [-0.05, 0) is 69.6 Å². The van der Waals surface area contributed by atoms with Crippen molar-refractivity contribution in [1.29, 1.82) is 0 Å². The topological polar surface area (TPSA) is 8.17 Å². The SMILES string of the molecule is Cc1ccc(C)n1-c1ccc(CN2CCCCC2)cc1. The number of benzene rings is 1. The maximum Gasteiger partial charge on any atom is 0.0455 e. The van der Waals surface area contributed by atoms with Crippen molar-refractivity contribution in [2.75, 3.05) is 13.1 Å². The summed E-state index contributed by atoms with van der Waals surface area (Å²) >= 11 is 0. The molecule has 0 N–H and O–H groups in total. The van der Waals surface area contributed by atoms with Gasteiger partial charge in [-0.15, -0.1) is 0 Å². The van der Waals surface area contributed by atoms with E-state index < -0.39 is 0 Å². The number of piperidine rings is 1. The lowest BCUT2D eigenvalue weighted by molar-refractivity contribution is 0.221. The number of rotatable bonds is 3. The highest BCUT2D eigenvalue weighted by atomic mass is 15.1. The summed E-state index contributed by atoms with van der Waals surface area (Å²) in [4.78, 5) is 2.57. The van der Waals surface area contributed by atoms with Crippen LogP contribution >= 0.6 is 0 Å². The number of nitrogens with zero attached hydrogens (tertiary/aromatic N) is 2. The van der Waals surface area contributed by atoms with Gasteiger partial charge in [-0.3, -0.25) is 4.90 Å². The molecular formula is C18H24N2. The highest BCUT2D eigenvalue weighted by Gasteiger charge is 2.10. The fourth-order valence-electron chi connectivity index (χ4n) is 3.20. The Kier molecular flexibility index (Phi) is 3.93. The number of likely N-dealkylation sites (tertiary alicyclic amines) is 1. The average Bonchev–Trinajstić information content (AvgIpc) is 2.81. The van der Waals surface area contributed by atoms with E-state index in [9.17, 15) is 0 Å². The molecule has 20 heavy (non-hydrogen) atoms. The molecule has 0 radical (unpaired) electrons. The summed E-state index contributed by atoms with van der Waals surface area (Å²) in [6.45, 7) is 7.95. The van der Waals surface area contributed by atoms with E-state index in [4.69, 9.17) is 0 Å². The molecule has 2 aromatic rings. The largest absolute Gasteiger partial charge is 0.319 e. The van der Waals surface area contributed by atoms with E-state index in [0.29, 0.717) is 0 Å². The van der Waals surface area contributed by atoms with E-state index in [-0.39, 0.29) is 0 Å². The quantitative estimate of drug-likeness (QED) is 0.814. The minimum absolute atomic E-state index is 1.10. The molecule has 2 heteroatoms. The van der Waals surface area contributed by atoms with Gasteiger partial charge in [-0.2, -0.15) is 0 Å². The van der Waals surface area contributed by atoms with Crippen LogP contribution in [-0.4, -0.2) is 22.6 Å². The Balaban J connectivity index is 1.74. The first-order valence-corrected chi connectivity index (χ1v) is 7.71. The first kappa shape index (κ1) is 13.4. The normalized spacial score (nSPS) is 16.5. The second-order valence-electron chi connectivity index (χ2n) is 5.95. The van der Waals surface area contributed by atoms with Crippen LogP contribution in [0.4, 0.5) is 0 Å². The third kappa shape index (κ3) is 2.80. The lowest BCUT2D eigenvalue weighted by Gasteiger charge is -2.26. The Labute approximate surface area is 122 Å². The van der Waals surface area contributed by atoms with E-state index in [1.165, 1.54) is 55.0 Å². The third-order valence-electron chi connectivity index (χ3n) is 4.32. The van der Waals surface area contributed by atoms with Crippen LogP contribution in [0.15, 0.2) is 36.4 Å². The molecule has 0 unspecified atom stereocenters. The van der Waals surface area contributed by atoms with Crippen molar-refractivity contribution in [3.8, 4) is 5.69 Å². The summed E-state index contributed by atoms with van der Waals surface area (Å²) in [6.07, 6.45) is 4.13. The van der Waals surface area contributed by atoms with Gasteiger partial charge in [0, 0.05) is 23.6 Å². The van der Waals surface area contributed by atoms with Crippen molar-refractivity contribution in [1.82, 2.24) is 9.47 Å². The molecule has 0 aliphatic carbocycles. The summed E-state index contributed by atoms with van der Waals surface area (Å²) in [5, 5.41) is 0. The first-order valence-electron chi connectivity index (χ1n) is 7.71. The predicted octanol–water partition coefficient (Wildman–Crippen LogP) is 4.08. The highest BCUT2D eigenvalue weighted by molar-refractivity contribution is 5.39. The van der Waals surface area contributed by atoms with Gasteiger partial charge in [-0.25, -0.2) is 0 Å². The van der Waals surface area contributed by atoms with Crippen LogP contribution < -0.4 is 0 Å². The zero-order valence-electron chi connectivity index (χ0n) is 12.6. The van der Waals surface area contributed by atoms with E-state index in [2.05, 4.69) is 59.7 Å². The van der Waals surface area contributed by atoms with Crippen LogP contribution in [-0.2, 0) is 6.54 Å². The second kappa shape index (κ2) is 5.84. The summed E-state index contributed by atoms with van der Waals surface area (Å²) in [5.41, 5.74) is 5.29. The molecule has 1 aliphatic rings. The molecule has 0 amide bonds. The maximum atomic E-state index is 2.57. The van der Waals surface area contributed by atoms with Crippen LogP contribution in [0.3, 0.4) is 0 Å². The Bertz CT molecular complexity index is 540. The van der Waals surface area contributed by atoms with Gasteiger partial charge in [0.05, 0.1) is 0 Å².